The zero-order chi connectivity index (χ0) is 11.7. The standard InChI is InChI=1S/C10H16N4O2/c1-6-4-7(2-3-16-6)14-9(11)8(5-13-14)10(12)15/h5-7H,2-4,11H2,1H3,(H2,12,15)/t6-,7-/m1/s1. The van der Waals surface area contributed by atoms with Crippen LogP contribution < -0.4 is 11.5 Å². The van der Waals surface area contributed by atoms with E-state index in [4.69, 9.17) is 16.2 Å². The molecule has 16 heavy (non-hydrogen) atoms. The molecule has 4 N–H and O–H groups in total. The minimum Gasteiger partial charge on any atom is -0.383 e. The van der Waals surface area contributed by atoms with Crippen molar-refractivity contribution in [2.24, 2.45) is 5.73 Å². The zero-order valence-electron chi connectivity index (χ0n) is 9.22. The lowest BCUT2D eigenvalue weighted by atomic mass is 10.0. The van der Waals surface area contributed by atoms with Gasteiger partial charge in [0.15, 0.2) is 0 Å². The number of nitrogen functional groups attached to an aromatic ring is 1. The number of aromatic nitrogens is 2. The molecule has 2 atom stereocenters. The van der Waals surface area contributed by atoms with Crippen molar-refractivity contribution in [3.63, 3.8) is 0 Å². The molecular formula is C10H16N4O2. The lowest BCUT2D eigenvalue weighted by Crippen LogP contribution is -2.27. The van der Waals surface area contributed by atoms with E-state index >= 15 is 0 Å². The molecule has 6 nitrogen and oxygen atoms in total. The number of rotatable bonds is 2. The Balaban J connectivity index is 2.23. The summed E-state index contributed by atoms with van der Waals surface area (Å²) in [5.41, 5.74) is 11.3. The average molecular weight is 224 g/mol. The number of carbonyl (C=O) groups is 1. The summed E-state index contributed by atoms with van der Waals surface area (Å²) in [6.07, 6.45) is 3.33. The van der Waals surface area contributed by atoms with Gasteiger partial charge < -0.3 is 16.2 Å². The minimum atomic E-state index is -0.538. The third kappa shape index (κ3) is 1.88. The number of hydrogen-bond acceptors (Lipinski definition) is 4. The summed E-state index contributed by atoms with van der Waals surface area (Å²) in [5, 5.41) is 4.13. The van der Waals surface area contributed by atoms with Crippen molar-refractivity contribution in [3.8, 4) is 0 Å². The van der Waals surface area contributed by atoms with Crippen LogP contribution in [0, 0.1) is 0 Å². The molecule has 1 aromatic rings. The van der Waals surface area contributed by atoms with E-state index in [0.717, 1.165) is 12.8 Å². The summed E-state index contributed by atoms with van der Waals surface area (Å²) >= 11 is 0. The molecule has 0 radical (unpaired) electrons. The second-order valence-electron chi connectivity index (χ2n) is 4.11. The fraction of sp³-hybridized carbons (Fsp3) is 0.600. The summed E-state index contributed by atoms with van der Waals surface area (Å²) < 4.78 is 7.13. The smallest absolute Gasteiger partial charge is 0.254 e. The molecule has 1 amide bonds. The number of anilines is 1. The van der Waals surface area contributed by atoms with Gasteiger partial charge in [-0.1, -0.05) is 0 Å². The first kappa shape index (κ1) is 10.9. The maximum Gasteiger partial charge on any atom is 0.254 e. The Kier molecular flexibility index (Phi) is 2.82. The molecule has 88 valence electrons. The van der Waals surface area contributed by atoms with Crippen LogP contribution in [0.3, 0.4) is 0 Å². The zero-order valence-corrected chi connectivity index (χ0v) is 9.22. The van der Waals surface area contributed by atoms with Crippen LogP contribution in [0.15, 0.2) is 6.20 Å². The minimum absolute atomic E-state index is 0.192. The van der Waals surface area contributed by atoms with E-state index in [1.165, 1.54) is 6.20 Å². The highest BCUT2D eigenvalue weighted by molar-refractivity contribution is 5.96. The van der Waals surface area contributed by atoms with E-state index in [0.29, 0.717) is 18.0 Å². The Morgan fingerprint density at radius 2 is 2.44 bits per heavy atom. The Labute approximate surface area is 93.5 Å². The van der Waals surface area contributed by atoms with Crippen molar-refractivity contribution in [3.05, 3.63) is 11.8 Å². The molecule has 2 heterocycles. The third-order valence-electron chi connectivity index (χ3n) is 2.90. The lowest BCUT2D eigenvalue weighted by Gasteiger charge is -2.28. The first-order valence-corrected chi connectivity index (χ1v) is 5.34. The third-order valence-corrected chi connectivity index (χ3v) is 2.90. The fourth-order valence-electron chi connectivity index (χ4n) is 2.05. The Morgan fingerprint density at radius 1 is 1.69 bits per heavy atom. The Bertz CT molecular complexity index is 402. The van der Waals surface area contributed by atoms with Crippen molar-refractivity contribution in [2.45, 2.75) is 31.9 Å². The second kappa shape index (κ2) is 4.13. The SMILES string of the molecule is C[C@@H]1C[C@H](n2ncc(C(N)=O)c2N)CCO1. The molecule has 1 aliphatic heterocycles. The molecule has 1 saturated heterocycles. The topological polar surface area (TPSA) is 96.2 Å². The number of ether oxygens (including phenoxy) is 1. The molecule has 0 unspecified atom stereocenters. The van der Waals surface area contributed by atoms with Gasteiger partial charge in [-0.05, 0) is 19.8 Å². The van der Waals surface area contributed by atoms with Crippen LogP contribution in [-0.4, -0.2) is 28.4 Å². The monoisotopic (exact) mass is 224 g/mol. The highest BCUT2D eigenvalue weighted by Gasteiger charge is 2.24. The van der Waals surface area contributed by atoms with Gasteiger partial charge >= 0.3 is 0 Å². The number of hydrogen-bond donors (Lipinski definition) is 2. The van der Waals surface area contributed by atoms with E-state index < -0.39 is 5.91 Å². The first-order chi connectivity index (χ1) is 7.59. The number of carbonyl (C=O) groups excluding carboxylic acids is 1. The van der Waals surface area contributed by atoms with Gasteiger partial charge in [0.1, 0.15) is 11.4 Å². The number of nitrogens with zero attached hydrogens (tertiary/aromatic N) is 2. The predicted molar refractivity (Wildman–Crippen MR) is 58.8 cm³/mol. The quantitative estimate of drug-likeness (QED) is 0.755. The van der Waals surface area contributed by atoms with Crippen LogP contribution in [0.1, 0.15) is 36.2 Å². The number of nitrogens with two attached hydrogens (primary N) is 2. The molecule has 0 aliphatic carbocycles. The maximum atomic E-state index is 11.0. The van der Waals surface area contributed by atoms with E-state index in [9.17, 15) is 4.79 Å². The summed E-state index contributed by atoms with van der Waals surface area (Å²) in [6, 6.07) is 0.192. The van der Waals surface area contributed by atoms with Crippen LogP contribution in [0.5, 0.6) is 0 Å². The van der Waals surface area contributed by atoms with Crippen molar-refractivity contribution in [2.75, 3.05) is 12.3 Å². The molecule has 2 rings (SSSR count). The largest absolute Gasteiger partial charge is 0.383 e. The first-order valence-electron chi connectivity index (χ1n) is 5.34. The van der Waals surface area contributed by atoms with Crippen LogP contribution in [0.4, 0.5) is 5.82 Å². The van der Waals surface area contributed by atoms with Gasteiger partial charge in [-0.3, -0.25) is 4.79 Å². The van der Waals surface area contributed by atoms with Gasteiger partial charge in [0.2, 0.25) is 0 Å². The van der Waals surface area contributed by atoms with Gasteiger partial charge in [0.25, 0.3) is 5.91 Å². The van der Waals surface area contributed by atoms with Crippen molar-refractivity contribution >= 4 is 11.7 Å². The molecule has 0 spiro atoms. The van der Waals surface area contributed by atoms with Gasteiger partial charge in [-0.25, -0.2) is 4.68 Å². The number of primary amides is 1. The van der Waals surface area contributed by atoms with E-state index in [1.807, 2.05) is 6.92 Å². The predicted octanol–water partition coefficient (Wildman–Crippen LogP) is 0.304. The molecule has 1 aromatic heterocycles. The van der Waals surface area contributed by atoms with E-state index in [2.05, 4.69) is 5.10 Å². The summed E-state index contributed by atoms with van der Waals surface area (Å²) in [4.78, 5) is 11.0. The van der Waals surface area contributed by atoms with E-state index in [-0.39, 0.29) is 12.1 Å². The Morgan fingerprint density at radius 3 is 3.00 bits per heavy atom. The molecule has 6 heteroatoms. The Hall–Kier alpha value is -1.56. The highest BCUT2D eigenvalue weighted by Crippen LogP contribution is 2.27. The van der Waals surface area contributed by atoms with Gasteiger partial charge in [-0.2, -0.15) is 5.10 Å². The van der Waals surface area contributed by atoms with Crippen LogP contribution in [0.2, 0.25) is 0 Å². The van der Waals surface area contributed by atoms with Crippen molar-refractivity contribution < 1.29 is 9.53 Å². The molecule has 1 aliphatic rings. The molecular weight excluding hydrogens is 208 g/mol. The normalized spacial score (nSPS) is 25.6. The summed E-state index contributed by atoms with van der Waals surface area (Å²) in [6.45, 7) is 2.71. The van der Waals surface area contributed by atoms with Gasteiger partial charge in [-0.15, -0.1) is 0 Å². The van der Waals surface area contributed by atoms with Gasteiger partial charge in [0, 0.05) is 6.61 Å². The molecule has 1 fully saturated rings. The average Bonchev–Trinajstić information content (AvgIpc) is 2.60. The van der Waals surface area contributed by atoms with E-state index in [1.54, 1.807) is 4.68 Å². The highest BCUT2D eigenvalue weighted by atomic mass is 16.5. The fourth-order valence-corrected chi connectivity index (χ4v) is 2.05. The van der Waals surface area contributed by atoms with Crippen LogP contribution >= 0.6 is 0 Å². The molecule has 0 bridgehead atoms. The lowest BCUT2D eigenvalue weighted by molar-refractivity contribution is 0.00399. The van der Waals surface area contributed by atoms with Gasteiger partial charge in [0.05, 0.1) is 18.3 Å². The molecule has 0 aromatic carbocycles. The van der Waals surface area contributed by atoms with Crippen molar-refractivity contribution in [1.82, 2.24) is 9.78 Å². The summed E-state index contributed by atoms with van der Waals surface area (Å²) in [5.74, 6) is -0.185. The molecule has 0 saturated carbocycles. The van der Waals surface area contributed by atoms with Crippen LogP contribution in [0.25, 0.3) is 0 Å². The van der Waals surface area contributed by atoms with Crippen LogP contribution in [-0.2, 0) is 4.74 Å². The van der Waals surface area contributed by atoms with Crippen molar-refractivity contribution in [1.29, 1.82) is 0 Å². The number of amides is 1. The maximum absolute atomic E-state index is 11.0. The summed E-state index contributed by atoms with van der Waals surface area (Å²) in [7, 11) is 0. The second-order valence-corrected chi connectivity index (χ2v) is 4.11.